The third-order valence-corrected chi connectivity index (χ3v) is 2.47. The summed E-state index contributed by atoms with van der Waals surface area (Å²) in [6.07, 6.45) is 0. The summed E-state index contributed by atoms with van der Waals surface area (Å²) >= 11 is 3.07. The van der Waals surface area contributed by atoms with Gasteiger partial charge >= 0.3 is 5.97 Å². The second kappa shape index (κ2) is 6.24. The van der Waals surface area contributed by atoms with Gasteiger partial charge in [-0.1, -0.05) is 15.9 Å². The summed E-state index contributed by atoms with van der Waals surface area (Å²) in [6, 6.07) is 4.59. The number of ketones is 1. The molecule has 0 radical (unpaired) electrons. The summed E-state index contributed by atoms with van der Waals surface area (Å²) in [5.74, 6) is -0.542. The highest BCUT2D eigenvalue weighted by Crippen LogP contribution is 2.28. The number of carbonyl (C=O) groups is 2. The van der Waals surface area contributed by atoms with E-state index in [0.29, 0.717) is 17.1 Å². The van der Waals surface area contributed by atoms with E-state index in [9.17, 15) is 9.59 Å². The molecule has 0 amide bonds. The zero-order valence-electron chi connectivity index (χ0n) is 9.10. The van der Waals surface area contributed by atoms with Crippen LogP contribution < -0.4 is 9.47 Å². The van der Waals surface area contributed by atoms with E-state index >= 15 is 0 Å². The molecule has 92 valence electrons. The smallest absolute Gasteiger partial charge is 0.341 e. The first-order valence-corrected chi connectivity index (χ1v) is 5.82. The van der Waals surface area contributed by atoms with Gasteiger partial charge in [0.2, 0.25) is 0 Å². The molecule has 0 saturated carbocycles. The number of carbonyl (C=O) groups excluding carboxylic acids is 1. The van der Waals surface area contributed by atoms with Crippen molar-refractivity contribution in [3.63, 3.8) is 0 Å². The third kappa shape index (κ3) is 3.74. The Labute approximate surface area is 106 Å². The second-order valence-corrected chi connectivity index (χ2v) is 3.67. The lowest BCUT2D eigenvalue weighted by Gasteiger charge is -2.10. The average Bonchev–Trinajstić information content (AvgIpc) is 2.34. The number of ether oxygens (including phenoxy) is 2. The highest BCUT2D eigenvalue weighted by atomic mass is 79.9. The van der Waals surface area contributed by atoms with Crippen LogP contribution in [0.15, 0.2) is 18.2 Å². The number of hydrogen-bond acceptors (Lipinski definition) is 4. The number of methoxy groups -OCH3 is 1. The number of Topliss-reactive ketones (excluding diaryl/α,β-unsaturated/α-hetero) is 1. The fourth-order valence-electron chi connectivity index (χ4n) is 1.18. The lowest BCUT2D eigenvalue weighted by molar-refractivity contribution is -0.139. The molecule has 0 aliphatic rings. The van der Waals surface area contributed by atoms with E-state index in [1.165, 1.54) is 19.2 Å². The molecular weight excluding hydrogens is 292 g/mol. The lowest BCUT2D eigenvalue weighted by atomic mass is 10.1. The topological polar surface area (TPSA) is 72.8 Å². The Morgan fingerprint density at radius 2 is 2.06 bits per heavy atom. The Bertz CT molecular complexity index is 430. The molecule has 6 heteroatoms. The Kier molecular flexibility index (Phi) is 4.96. The predicted molar refractivity (Wildman–Crippen MR) is 64.2 cm³/mol. The van der Waals surface area contributed by atoms with Crippen molar-refractivity contribution in [2.45, 2.75) is 0 Å². The fraction of sp³-hybridized carbons (Fsp3) is 0.273. The SMILES string of the molecule is COc1cc(C(=O)CBr)ccc1OCC(=O)O. The van der Waals surface area contributed by atoms with Gasteiger partial charge in [-0.05, 0) is 18.2 Å². The van der Waals surface area contributed by atoms with Gasteiger partial charge < -0.3 is 14.6 Å². The van der Waals surface area contributed by atoms with E-state index < -0.39 is 12.6 Å². The summed E-state index contributed by atoms with van der Waals surface area (Å²) in [5, 5.41) is 8.71. The molecule has 0 aliphatic carbocycles. The number of aliphatic carboxylic acids is 1. The molecule has 17 heavy (non-hydrogen) atoms. The van der Waals surface area contributed by atoms with Crippen LogP contribution in [0.2, 0.25) is 0 Å². The van der Waals surface area contributed by atoms with Crippen LogP contribution in [0.3, 0.4) is 0 Å². The van der Waals surface area contributed by atoms with Crippen LogP contribution in [-0.2, 0) is 4.79 Å². The zero-order valence-corrected chi connectivity index (χ0v) is 10.7. The van der Waals surface area contributed by atoms with E-state index in [1.807, 2.05) is 0 Å². The molecule has 1 aromatic carbocycles. The summed E-state index contributed by atoms with van der Waals surface area (Å²) < 4.78 is 10.0. The first-order valence-electron chi connectivity index (χ1n) is 4.70. The molecular formula is C11H11BrO5. The minimum Gasteiger partial charge on any atom is -0.493 e. The minimum atomic E-state index is -1.08. The van der Waals surface area contributed by atoms with Gasteiger partial charge in [0.15, 0.2) is 23.9 Å². The van der Waals surface area contributed by atoms with Crippen LogP contribution in [0.5, 0.6) is 11.5 Å². The third-order valence-electron chi connectivity index (χ3n) is 1.96. The normalized spacial score (nSPS) is 9.76. The monoisotopic (exact) mass is 302 g/mol. The van der Waals surface area contributed by atoms with E-state index in [1.54, 1.807) is 6.07 Å². The maximum Gasteiger partial charge on any atom is 0.341 e. The number of rotatable bonds is 6. The second-order valence-electron chi connectivity index (χ2n) is 3.10. The highest BCUT2D eigenvalue weighted by molar-refractivity contribution is 9.09. The molecule has 0 saturated heterocycles. The van der Waals surface area contributed by atoms with E-state index in [2.05, 4.69) is 15.9 Å². The van der Waals surface area contributed by atoms with Crippen LogP contribution in [0.1, 0.15) is 10.4 Å². The Morgan fingerprint density at radius 3 is 2.59 bits per heavy atom. The maximum atomic E-state index is 11.4. The Morgan fingerprint density at radius 1 is 1.35 bits per heavy atom. The van der Waals surface area contributed by atoms with Crippen molar-refractivity contribution in [3.05, 3.63) is 23.8 Å². The molecule has 0 aliphatic heterocycles. The molecule has 0 aromatic heterocycles. The number of benzene rings is 1. The van der Waals surface area contributed by atoms with Crippen molar-refractivity contribution < 1.29 is 24.2 Å². The molecule has 0 unspecified atom stereocenters. The lowest BCUT2D eigenvalue weighted by Crippen LogP contribution is -2.10. The molecule has 1 rings (SSSR count). The van der Waals surface area contributed by atoms with E-state index in [-0.39, 0.29) is 11.1 Å². The number of carboxylic acid groups (broad SMARTS) is 1. The number of hydrogen-bond donors (Lipinski definition) is 1. The van der Waals surface area contributed by atoms with Gasteiger partial charge in [-0.15, -0.1) is 0 Å². The first-order chi connectivity index (χ1) is 8.08. The van der Waals surface area contributed by atoms with Gasteiger partial charge in [-0.3, -0.25) is 4.79 Å². The van der Waals surface area contributed by atoms with Crippen molar-refractivity contribution in [2.24, 2.45) is 0 Å². The minimum absolute atomic E-state index is 0.0897. The Balaban J connectivity index is 2.93. The van der Waals surface area contributed by atoms with Crippen LogP contribution >= 0.6 is 15.9 Å². The van der Waals surface area contributed by atoms with Gasteiger partial charge in [-0.25, -0.2) is 4.79 Å². The van der Waals surface area contributed by atoms with Crippen molar-refractivity contribution in [2.75, 3.05) is 19.0 Å². The Hall–Kier alpha value is -1.56. The quantitative estimate of drug-likeness (QED) is 0.640. The molecule has 1 N–H and O–H groups in total. The molecule has 0 heterocycles. The first kappa shape index (κ1) is 13.5. The fourth-order valence-corrected chi connectivity index (χ4v) is 1.50. The van der Waals surface area contributed by atoms with Gasteiger partial charge in [0.25, 0.3) is 0 Å². The zero-order chi connectivity index (χ0) is 12.8. The summed E-state index contributed by atoms with van der Waals surface area (Å²) in [6.45, 7) is -0.456. The van der Waals surface area contributed by atoms with Crippen molar-refractivity contribution >= 4 is 27.7 Å². The van der Waals surface area contributed by atoms with Gasteiger partial charge in [0, 0.05) is 5.56 Å². The summed E-state index contributed by atoms with van der Waals surface area (Å²) in [4.78, 5) is 21.8. The molecule has 0 fully saturated rings. The van der Waals surface area contributed by atoms with Crippen molar-refractivity contribution in [1.82, 2.24) is 0 Å². The van der Waals surface area contributed by atoms with Crippen molar-refractivity contribution in [1.29, 1.82) is 0 Å². The van der Waals surface area contributed by atoms with Crippen LogP contribution in [-0.4, -0.2) is 35.9 Å². The summed E-state index contributed by atoms with van der Waals surface area (Å²) in [7, 11) is 1.42. The highest BCUT2D eigenvalue weighted by Gasteiger charge is 2.11. The van der Waals surface area contributed by atoms with E-state index in [4.69, 9.17) is 14.6 Å². The van der Waals surface area contributed by atoms with Crippen molar-refractivity contribution in [3.8, 4) is 11.5 Å². The molecule has 1 aromatic rings. The number of carboxylic acids is 1. The van der Waals surface area contributed by atoms with Gasteiger partial charge in [-0.2, -0.15) is 0 Å². The number of alkyl halides is 1. The van der Waals surface area contributed by atoms with Crippen LogP contribution in [0, 0.1) is 0 Å². The molecule has 0 atom stereocenters. The standard InChI is InChI=1S/C11H11BrO5/c1-16-10-4-7(8(13)5-12)2-3-9(10)17-6-11(14)15/h2-4H,5-6H2,1H3,(H,14,15). The molecule has 5 nitrogen and oxygen atoms in total. The average molecular weight is 303 g/mol. The van der Waals surface area contributed by atoms with Gasteiger partial charge in [0.1, 0.15) is 0 Å². The molecule has 0 spiro atoms. The largest absolute Gasteiger partial charge is 0.493 e. The maximum absolute atomic E-state index is 11.4. The van der Waals surface area contributed by atoms with E-state index in [0.717, 1.165) is 0 Å². The summed E-state index contributed by atoms with van der Waals surface area (Å²) in [5.41, 5.74) is 0.474. The van der Waals surface area contributed by atoms with Crippen LogP contribution in [0.4, 0.5) is 0 Å². The molecule has 0 bridgehead atoms. The van der Waals surface area contributed by atoms with Crippen LogP contribution in [0.25, 0.3) is 0 Å². The number of halogens is 1. The van der Waals surface area contributed by atoms with Gasteiger partial charge in [0.05, 0.1) is 12.4 Å². The predicted octanol–water partition coefficient (Wildman–Crippen LogP) is 1.74.